The molecule has 0 spiro atoms. The van der Waals surface area contributed by atoms with Gasteiger partial charge in [0.25, 0.3) is 29.5 Å². The van der Waals surface area contributed by atoms with Gasteiger partial charge in [-0.3, -0.25) is 44.1 Å². The Hall–Kier alpha value is -11.2. The summed E-state index contributed by atoms with van der Waals surface area (Å²) in [6, 6.07) is 50.5. The number of carbonyl (C=O) groups excluding carboxylic acids is 6. The van der Waals surface area contributed by atoms with Crippen molar-refractivity contribution < 1.29 is 78.0 Å². The fourth-order valence-electron chi connectivity index (χ4n) is 11.2. The molecule has 504 valence electrons. The fraction of sp³-hybridized carbons (Fsp3) is 0.205. The molecular weight excluding hydrogens is 1320 g/mol. The van der Waals surface area contributed by atoms with Crippen molar-refractivity contribution in [3.8, 4) is 28.7 Å². The van der Waals surface area contributed by atoms with Gasteiger partial charge in [-0.25, -0.2) is 35.0 Å². The number of benzene rings is 7. The van der Waals surface area contributed by atoms with E-state index in [1.807, 2.05) is 109 Å². The van der Waals surface area contributed by atoms with Gasteiger partial charge in [0.1, 0.15) is 47.8 Å². The third-order valence-corrected chi connectivity index (χ3v) is 16.8. The van der Waals surface area contributed by atoms with Crippen LogP contribution in [0.5, 0.6) is 28.7 Å². The van der Waals surface area contributed by atoms with Crippen LogP contribution in [-0.2, 0) is 65.6 Å². The van der Waals surface area contributed by atoms with E-state index in [1.165, 1.54) is 23.3 Å². The van der Waals surface area contributed by atoms with Crippen molar-refractivity contribution in [2.24, 2.45) is 0 Å². The average Bonchev–Trinajstić information content (AvgIpc) is 1.67. The number of carbonyl (C=O) groups is 6. The summed E-state index contributed by atoms with van der Waals surface area (Å²) in [5, 5.41) is 42.2. The van der Waals surface area contributed by atoms with Crippen LogP contribution in [0.4, 0.5) is 17.3 Å². The summed E-state index contributed by atoms with van der Waals surface area (Å²) in [4.78, 5) is 95.7. The maximum atomic E-state index is 13.2. The van der Waals surface area contributed by atoms with Crippen molar-refractivity contribution in [3.05, 3.63) is 260 Å². The molecule has 5 aliphatic heterocycles. The summed E-state index contributed by atoms with van der Waals surface area (Å²) in [5.41, 5.74) is 10.1. The van der Waals surface area contributed by atoms with E-state index in [1.54, 1.807) is 105 Å². The predicted octanol–water partition coefficient (Wildman–Crippen LogP) is 11.6. The molecule has 5 amide bonds. The standard InChI is InChI=1S/C24H23N5O4.C16H15NO3.C15H13NO3.C10H11BrO3.C8H7NO3/c1-3-28-21-17(23(30)27(2)19-7-5-10-25-22(19)28)12-15(13-26-21)9-11-33-20-8-4-6-16-18(20)14-29(32)24(16)31;1-19-15-9-5-8-13-14(15)10-17(16(13)18)20-11-12-6-3-2-4-7-12;17-14-8-4-7-12-13(14)9-16(15(12)18)19-10-11-5-2-1-3-6-11;1-13-9-5-3-4-7(8(9)6-11)10(12)14-2;10-7-3-1-2-5-6(7)4-9(12)8(5)11/h4-8,10,12-13,32H,3,9,11,14H2,1-2H3;2-9H,10-11H2,1H3;1-8,17H,9-10H2;3-5H,6H2,1-2H3;1-3,10,12H,4H2. The lowest BCUT2D eigenvalue weighted by molar-refractivity contribution is -0.135. The summed E-state index contributed by atoms with van der Waals surface area (Å²) in [5.74, 6) is 1.74. The third kappa shape index (κ3) is 15.4. The number of alkyl halides is 1. The van der Waals surface area contributed by atoms with Crippen LogP contribution in [0.1, 0.15) is 114 Å². The Labute approximate surface area is 572 Å². The van der Waals surface area contributed by atoms with E-state index in [9.17, 15) is 44.2 Å². The van der Waals surface area contributed by atoms with E-state index >= 15 is 0 Å². The fourth-order valence-corrected chi connectivity index (χ4v) is 11.8. The number of esters is 1. The minimum atomic E-state index is -0.457. The molecule has 0 aliphatic carbocycles. The Bertz CT molecular complexity index is 4410. The minimum absolute atomic E-state index is 0.0531. The van der Waals surface area contributed by atoms with E-state index in [-0.39, 0.29) is 54.8 Å². The quantitative estimate of drug-likeness (QED) is 0.0421. The number of hydrogen-bond acceptors (Lipinski definition) is 19. The van der Waals surface area contributed by atoms with E-state index in [2.05, 4.69) is 30.6 Å². The normalized spacial score (nSPS) is 13.6. The first-order valence-corrected chi connectivity index (χ1v) is 31.9. The van der Waals surface area contributed by atoms with E-state index in [0.717, 1.165) is 39.3 Å². The molecule has 7 heterocycles. The van der Waals surface area contributed by atoms with Gasteiger partial charge in [0, 0.05) is 65.6 Å². The molecule has 0 atom stereocenters. The number of fused-ring (bicyclic) bond motifs is 6. The van der Waals surface area contributed by atoms with Crippen LogP contribution in [0.2, 0.25) is 0 Å². The Balaban J connectivity index is 0.000000140. The predicted molar refractivity (Wildman–Crippen MR) is 361 cm³/mol. The monoisotopic (exact) mass is 1390 g/mol. The molecule has 9 aromatic rings. The summed E-state index contributed by atoms with van der Waals surface area (Å²) < 4.78 is 21.0. The first kappa shape index (κ1) is 69.6. The lowest BCUT2D eigenvalue weighted by atomic mass is 10.1. The molecular formula is C73H69BrN8O16. The van der Waals surface area contributed by atoms with E-state index < -0.39 is 11.8 Å². The number of amides is 5. The van der Waals surface area contributed by atoms with Gasteiger partial charge in [0.05, 0.1) is 93.2 Å². The zero-order valence-corrected chi connectivity index (χ0v) is 55.6. The molecule has 0 unspecified atom stereocenters. The Morgan fingerprint density at radius 3 is 1.57 bits per heavy atom. The zero-order valence-electron chi connectivity index (χ0n) is 54.0. The molecule has 7 aromatic carbocycles. The molecule has 2 aromatic heterocycles. The highest BCUT2D eigenvalue weighted by atomic mass is 79.9. The highest BCUT2D eigenvalue weighted by molar-refractivity contribution is 9.08. The number of halogens is 1. The van der Waals surface area contributed by atoms with Gasteiger partial charge in [-0.1, -0.05) is 107 Å². The molecule has 0 saturated heterocycles. The number of hydroxylamine groups is 8. The lowest BCUT2D eigenvalue weighted by Gasteiger charge is -2.22. The van der Waals surface area contributed by atoms with Gasteiger partial charge < -0.3 is 39.0 Å². The van der Waals surface area contributed by atoms with Crippen molar-refractivity contribution in [1.29, 1.82) is 0 Å². The van der Waals surface area contributed by atoms with Crippen LogP contribution < -0.4 is 24.0 Å². The van der Waals surface area contributed by atoms with Crippen LogP contribution in [0.3, 0.4) is 0 Å². The second-order valence-corrected chi connectivity index (χ2v) is 22.7. The van der Waals surface area contributed by atoms with Crippen LogP contribution in [0.15, 0.2) is 182 Å². The van der Waals surface area contributed by atoms with Crippen LogP contribution in [-0.4, -0.2) is 128 Å². The van der Waals surface area contributed by atoms with Gasteiger partial charge in [0.15, 0.2) is 5.82 Å². The molecule has 25 heteroatoms. The van der Waals surface area contributed by atoms with Gasteiger partial charge in [-0.05, 0) is 102 Å². The number of phenolic OH excluding ortho intramolecular Hbond substituents is 2. The lowest BCUT2D eigenvalue weighted by Crippen LogP contribution is -2.25. The number of hydrogen-bond donors (Lipinski definition) is 4. The SMILES string of the molecule is CCN1c2ncc(CCOc3cccc4c3CN(O)C4=O)cc2C(=O)N(C)c2cccnc21.COC(=O)c1cccc(OC)c1CBr.COc1cccc2c1CN(OCc1ccccc1)C2=O.O=C1c2cccc(O)c2CN1O.O=C1c2cccc(O)c2CN1OCc1ccccc1. The number of pyridine rings is 2. The largest absolute Gasteiger partial charge is 0.508 e. The smallest absolute Gasteiger partial charge is 0.338 e. The van der Waals surface area contributed by atoms with E-state index in [4.69, 9.17) is 29.1 Å². The van der Waals surface area contributed by atoms with Crippen LogP contribution in [0, 0.1) is 0 Å². The molecule has 0 saturated carbocycles. The number of nitrogens with zero attached hydrogens (tertiary/aromatic N) is 8. The number of rotatable bonds is 15. The molecule has 0 fully saturated rings. The van der Waals surface area contributed by atoms with Gasteiger partial charge in [-0.15, -0.1) is 0 Å². The Kier molecular flexibility index (Phi) is 22.7. The Morgan fingerprint density at radius 2 is 1.02 bits per heavy atom. The third-order valence-electron chi connectivity index (χ3n) is 16.3. The van der Waals surface area contributed by atoms with Gasteiger partial charge in [-0.2, -0.15) is 0 Å². The second-order valence-electron chi connectivity index (χ2n) is 22.2. The highest BCUT2D eigenvalue weighted by Gasteiger charge is 2.35. The summed E-state index contributed by atoms with van der Waals surface area (Å²) in [6.45, 7) is 4.54. The van der Waals surface area contributed by atoms with Crippen molar-refractivity contribution in [2.75, 3.05) is 51.3 Å². The summed E-state index contributed by atoms with van der Waals surface area (Å²) >= 11 is 3.31. The number of ether oxygens (including phenoxy) is 4. The molecule has 98 heavy (non-hydrogen) atoms. The second kappa shape index (κ2) is 32.0. The highest BCUT2D eigenvalue weighted by Crippen LogP contribution is 2.39. The first-order chi connectivity index (χ1) is 47.5. The summed E-state index contributed by atoms with van der Waals surface area (Å²) in [7, 11) is 6.28. The van der Waals surface area contributed by atoms with Crippen molar-refractivity contribution in [1.82, 2.24) is 30.2 Å². The molecule has 4 N–H and O–H groups in total. The average molecular weight is 1390 g/mol. The van der Waals surface area contributed by atoms with Gasteiger partial charge in [0.2, 0.25) is 0 Å². The number of aromatic hydroxyl groups is 2. The first-order valence-electron chi connectivity index (χ1n) is 30.8. The zero-order chi connectivity index (χ0) is 69.6. The maximum Gasteiger partial charge on any atom is 0.338 e. The van der Waals surface area contributed by atoms with Crippen LogP contribution >= 0.6 is 15.9 Å². The number of aromatic nitrogens is 2. The van der Waals surface area contributed by atoms with Crippen molar-refractivity contribution >= 4 is 68.8 Å². The molecule has 24 nitrogen and oxygen atoms in total. The molecule has 5 aliphatic rings. The number of phenols is 2. The van der Waals surface area contributed by atoms with Crippen molar-refractivity contribution in [2.45, 2.75) is 58.1 Å². The van der Waals surface area contributed by atoms with Gasteiger partial charge >= 0.3 is 5.97 Å². The Morgan fingerprint density at radius 1 is 0.520 bits per heavy atom. The molecule has 14 rings (SSSR count). The van der Waals surface area contributed by atoms with Crippen molar-refractivity contribution in [3.63, 3.8) is 0 Å². The number of methoxy groups -OCH3 is 3. The summed E-state index contributed by atoms with van der Waals surface area (Å²) in [6.07, 6.45) is 3.98. The molecule has 0 radical (unpaired) electrons. The maximum absolute atomic E-state index is 13.2. The van der Waals surface area contributed by atoms with Crippen LogP contribution in [0.25, 0.3) is 0 Å². The number of anilines is 3. The topological polar surface area (TPSA) is 284 Å². The minimum Gasteiger partial charge on any atom is -0.508 e. The van der Waals surface area contributed by atoms with E-state index in [0.29, 0.717) is 128 Å². The molecule has 0 bridgehead atoms.